The molecule has 2 unspecified atom stereocenters. The molecule has 3 aromatic heterocycles. The molecule has 0 radical (unpaired) electrons. The van der Waals surface area contributed by atoms with Crippen LogP contribution in [0.5, 0.6) is 5.88 Å². The number of nitro groups is 1. The van der Waals surface area contributed by atoms with Crippen LogP contribution in [0.15, 0.2) is 6.20 Å². The quantitative estimate of drug-likeness (QED) is 0.204. The molecule has 0 amide bonds. The molecule has 172 valence electrons. The summed E-state index contributed by atoms with van der Waals surface area (Å²) in [6, 6.07) is -0.628. The van der Waals surface area contributed by atoms with Crippen molar-refractivity contribution in [1.82, 2.24) is 29.5 Å². The average molecular weight is 488 g/mol. The third-order valence-corrected chi connectivity index (χ3v) is 5.66. The number of hydrogen-bond donors (Lipinski definition) is 0. The normalized spacial score (nSPS) is 18.9. The van der Waals surface area contributed by atoms with E-state index in [9.17, 15) is 14.5 Å². The summed E-state index contributed by atoms with van der Waals surface area (Å²) in [7, 11) is 0. The first-order valence-electron chi connectivity index (χ1n) is 10.1. The van der Waals surface area contributed by atoms with Gasteiger partial charge >= 0.3 is 11.6 Å². The molecule has 0 aromatic carbocycles. The van der Waals surface area contributed by atoms with Crippen LogP contribution in [0.2, 0.25) is 10.4 Å². The van der Waals surface area contributed by atoms with Crippen LogP contribution in [0.25, 0.3) is 11.0 Å². The van der Waals surface area contributed by atoms with Crippen molar-refractivity contribution in [3.63, 3.8) is 0 Å². The monoisotopic (exact) mass is 487 g/mol. The van der Waals surface area contributed by atoms with E-state index < -0.39 is 17.1 Å². The van der Waals surface area contributed by atoms with Crippen molar-refractivity contribution in [1.29, 1.82) is 0 Å². The standard InChI is InChI=1S/C18H20Cl2FN7O4/c1-2-12-14(28(29)30)17(25-27(12)13-4-7-31-9-11(13)21)32-6-3-5-26-16-10(15(19)24-26)8-22-18(20)23-16/h8,11,13H,2-7,9H2,1H3. The van der Waals surface area contributed by atoms with Crippen LogP contribution in [-0.4, -0.2) is 60.4 Å². The number of halogens is 3. The first-order valence-corrected chi connectivity index (χ1v) is 10.8. The molecule has 0 spiro atoms. The van der Waals surface area contributed by atoms with Gasteiger partial charge in [0, 0.05) is 25.8 Å². The number of hydrogen-bond acceptors (Lipinski definition) is 8. The van der Waals surface area contributed by atoms with Gasteiger partial charge in [0.1, 0.15) is 11.9 Å². The van der Waals surface area contributed by atoms with Crippen molar-refractivity contribution < 1.29 is 18.8 Å². The van der Waals surface area contributed by atoms with E-state index in [0.717, 1.165) is 0 Å². The van der Waals surface area contributed by atoms with Crippen molar-refractivity contribution >= 4 is 39.9 Å². The van der Waals surface area contributed by atoms with Gasteiger partial charge in [0.25, 0.3) is 0 Å². The number of ether oxygens (including phenoxy) is 2. The summed E-state index contributed by atoms with van der Waals surface area (Å²) in [4.78, 5) is 19.2. The smallest absolute Gasteiger partial charge is 0.353 e. The van der Waals surface area contributed by atoms with E-state index in [1.54, 1.807) is 11.6 Å². The molecular weight excluding hydrogens is 468 g/mol. The fourth-order valence-electron chi connectivity index (χ4n) is 3.73. The van der Waals surface area contributed by atoms with Crippen LogP contribution in [0.4, 0.5) is 10.1 Å². The SMILES string of the molecule is CCc1c([N+](=O)[O-])c(OCCCn2nc(Cl)c3cnc(Cl)nc32)nn1C1CCOCC1F. The minimum Gasteiger partial charge on any atom is -0.472 e. The Kier molecular flexibility index (Phi) is 6.72. The zero-order valence-electron chi connectivity index (χ0n) is 17.1. The lowest BCUT2D eigenvalue weighted by Gasteiger charge is -2.27. The second-order valence-corrected chi connectivity index (χ2v) is 7.89. The van der Waals surface area contributed by atoms with Crippen molar-refractivity contribution in [3.05, 3.63) is 32.4 Å². The number of aromatic nitrogens is 6. The van der Waals surface area contributed by atoms with Crippen LogP contribution in [0.1, 0.15) is 31.5 Å². The Labute approximate surface area is 191 Å². The molecule has 2 atom stereocenters. The van der Waals surface area contributed by atoms with Gasteiger partial charge in [-0.15, -0.1) is 5.10 Å². The molecule has 32 heavy (non-hydrogen) atoms. The summed E-state index contributed by atoms with van der Waals surface area (Å²) in [6.45, 7) is 2.55. The molecule has 1 fully saturated rings. The number of alkyl halides is 1. The Morgan fingerprint density at radius 2 is 2.22 bits per heavy atom. The molecule has 0 N–H and O–H groups in total. The zero-order valence-corrected chi connectivity index (χ0v) is 18.6. The number of aryl methyl sites for hydroxylation is 1. The topological polar surface area (TPSA) is 123 Å². The first kappa shape index (κ1) is 22.6. The van der Waals surface area contributed by atoms with Gasteiger partial charge in [-0.25, -0.2) is 14.1 Å². The van der Waals surface area contributed by atoms with Crippen molar-refractivity contribution in [2.75, 3.05) is 19.8 Å². The molecule has 0 saturated carbocycles. The van der Waals surface area contributed by atoms with Crippen LogP contribution >= 0.6 is 23.2 Å². The molecule has 0 aliphatic carbocycles. The second-order valence-electron chi connectivity index (χ2n) is 7.19. The van der Waals surface area contributed by atoms with Crippen LogP contribution in [0.3, 0.4) is 0 Å². The summed E-state index contributed by atoms with van der Waals surface area (Å²) >= 11 is 12.0. The van der Waals surface area contributed by atoms with Crippen molar-refractivity contribution in [2.45, 2.75) is 44.9 Å². The maximum absolute atomic E-state index is 14.4. The highest BCUT2D eigenvalue weighted by molar-refractivity contribution is 6.34. The number of fused-ring (bicyclic) bond motifs is 1. The summed E-state index contributed by atoms with van der Waals surface area (Å²) in [5.41, 5.74) is 0.570. The molecule has 14 heteroatoms. The molecule has 1 aliphatic heterocycles. The molecule has 0 bridgehead atoms. The lowest BCUT2D eigenvalue weighted by Crippen LogP contribution is -2.32. The lowest BCUT2D eigenvalue weighted by atomic mass is 10.1. The van der Waals surface area contributed by atoms with Gasteiger partial charge in [-0.3, -0.25) is 14.8 Å². The van der Waals surface area contributed by atoms with Crippen molar-refractivity contribution in [3.8, 4) is 5.88 Å². The maximum Gasteiger partial charge on any atom is 0.353 e. The third-order valence-electron chi connectivity index (χ3n) is 5.20. The third kappa shape index (κ3) is 4.34. The van der Waals surface area contributed by atoms with Gasteiger partial charge in [-0.2, -0.15) is 10.1 Å². The largest absolute Gasteiger partial charge is 0.472 e. The van der Waals surface area contributed by atoms with E-state index in [0.29, 0.717) is 49.1 Å². The van der Waals surface area contributed by atoms with E-state index >= 15 is 0 Å². The van der Waals surface area contributed by atoms with E-state index in [1.165, 1.54) is 10.9 Å². The van der Waals surface area contributed by atoms with E-state index in [-0.39, 0.29) is 35.2 Å². The second kappa shape index (κ2) is 9.51. The minimum atomic E-state index is -1.30. The van der Waals surface area contributed by atoms with Gasteiger partial charge in [-0.1, -0.05) is 18.5 Å². The fraction of sp³-hybridized carbons (Fsp3) is 0.556. The number of nitrogens with zero attached hydrogens (tertiary/aromatic N) is 7. The Morgan fingerprint density at radius 3 is 2.94 bits per heavy atom. The zero-order chi connectivity index (χ0) is 22.8. The Hall–Kier alpha value is -2.57. The molecular formula is C18H20Cl2FN7O4. The molecule has 1 saturated heterocycles. The van der Waals surface area contributed by atoms with Gasteiger partial charge in [-0.05, 0) is 24.4 Å². The summed E-state index contributed by atoms with van der Waals surface area (Å²) in [5.74, 6) is -0.126. The predicted molar refractivity (Wildman–Crippen MR) is 113 cm³/mol. The van der Waals surface area contributed by atoms with Crippen LogP contribution < -0.4 is 4.74 Å². The van der Waals surface area contributed by atoms with E-state index in [2.05, 4.69) is 20.2 Å². The summed E-state index contributed by atoms with van der Waals surface area (Å²) < 4.78 is 28.1. The lowest BCUT2D eigenvalue weighted by molar-refractivity contribution is -0.386. The average Bonchev–Trinajstić information content (AvgIpc) is 3.28. The molecule has 3 aromatic rings. The highest BCUT2D eigenvalue weighted by atomic mass is 35.5. The Morgan fingerprint density at radius 1 is 1.41 bits per heavy atom. The number of rotatable bonds is 8. The van der Waals surface area contributed by atoms with Gasteiger partial charge in [0.15, 0.2) is 10.8 Å². The fourth-order valence-corrected chi connectivity index (χ4v) is 4.08. The highest BCUT2D eigenvalue weighted by Gasteiger charge is 2.35. The highest BCUT2D eigenvalue weighted by Crippen LogP contribution is 2.36. The molecule has 1 aliphatic rings. The molecule has 4 rings (SSSR count). The van der Waals surface area contributed by atoms with E-state index in [1.807, 2.05) is 0 Å². The Balaban J connectivity index is 1.50. The molecule has 11 nitrogen and oxygen atoms in total. The summed E-state index contributed by atoms with van der Waals surface area (Å²) in [5, 5.41) is 21.1. The minimum absolute atomic E-state index is 0.0639. The van der Waals surface area contributed by atoms with Gasteiger partial charge < -0.3 is 9.47 Å². The molecule has 4 heterocycles. The van der Waals surface area contributed by atoms with E-state index in [4.69, 9.17) is 32.7 Å². The first-order chi connectivity index (χ1) is 15.4. The van der Waals surface area contributed by atoms with Crippen LogP contribution in [-0.2, 0) is 17.7 Å². The van der Waals surface area contributed by atoms with Crippen LogP contribution in [0, 0.1) is 10.1 Å². The van der Waals surface area contributed by atoms with Crippen molar-refractivity contribution in [2.24, 2.45) is 0 Å². The van der Waals surface area contributed by atoms with Gasteiger partial charge in [0.05, 0.1) is 29.6 Å². The predicted octanol–water partition coefficient (Wildman–Crippen LogP) is 3.57. The maximum atomic E-state index is 14.4. The Bertz CT molecular complexity index is 1140. The van der Waals surface area contributed by atoms with Gasteiger partial charge in [0.2, 0.25) is 5.28 Å². The summed E-state index contributed by atoms with van der Waals surface area (Å²) in [6.07, 6.45) is 1.32.